The SMILES string of the molecule is Cc1ccc(CSc2nnnn2-c2cccc(Cl)c2)cc1. The zero-order valence-electron chi connectivity index (χ0n) is 11.4. The molecule has 0 radical (unpaired) electrons. The van der Waals surface area contributed by atoms with Gasteiger partial charge in [0.05, 0.1) is 5.69 Å². The van der Waals surface area contributed by atoms with E-state index in [-0.39, 0.29) is 0 Å². The molecule has 21 heavy (non-hydrogen) atoms. The molecule has 0 fully saturated rings. The van der Waals surface area contributed by atoms with Crippen molar-refractivity contribution in [1.82, 2.24) is 20.2 Å². The third kappa shape index (κ3) is 3.43. The predicted molar refractivity (Wildman–Crippen MR) is 84.9 cm³/mol. The summed E-state index contributed by atoms with van der Waals surface area (Å²) in [5.74, 6) is 0.821. The van der Waals surface area contributed by atoms with Crippen molar-refractivity contribution >= 4 is 23.4 Å². The molecule has 106 valence electrons. The molecule has 0 aliphatic rings. The molecule has 0 N–H and O–H groups in total. The van der Waals surface area contributed by atoms with Gasteiger partial charge in [-0.2, -0.15) is 4.68 Å². The van der Waals surface area contributed by atoms with Crippen molar-refractivity contribution in [1.29, 1.82) is 0 Å². The highest BCUT2D eigenvalue weighted by molar-refractivity contribution is 7.98. The minimum atomic E-state index is 0.664. The average Bonchev–Trinajstić information content (AvgIpc) is 2.95. The van der Waals surface area contributed by atoms with Crippen LogP contribution in [0.25, 0.3) is 5.69 Å². The van der Waals surface area contributed by atoms with E-state index in [2.05, 4.69) is 46.7 Å². The minimum absolute atomic E-state index is 0.664. The molecule has 0 unspecified atom stereocenters. The Labute approximate surface area is 132 Å². The Hall–Kier alpha value is -1.85. The van der Waals surface area contributed by atoms with Crippen LogP contribution in [-0.2, 0) is 5.75 Å². The lowest BCUT2D eigenvalue weighted by molar-refractivity contribution is 0.756. The Balaban J connectivity index is 1.78. The smallest absolute Gasteiger partial charge is 0.187 e. The number of nitrogens with zero attached hydrogens (tertiary/aromatic N) is 4. The summed E-state index contributed by atoms with van der Waals surface area (Å²) in [6.07, 6.45) is 0. The highest BCUT2D eigenvalue weighted by Gasteiger charge is 2.09. The quantitative estimate of drug-likeness (QED) is 0.684. The topological polar surface area (TPSA) is 43.6 Å². The summed E-state index contributed by atoms with van der Waals surface area (Å²) in [5.41, 5.74) is 3.36. The fourth-order valence-corrected chi connectivity index (χ4v) is 2.90. The first kappa shape index (κ1) is 14.1. The molecule has 0 saturated heterocycles. The number of aromatic nitrogens is 4. The zero-order chi connectivity index (χ0) is 14.7. The minimum Gasteiger partial charge on any atom is -0.187 e. The molecule has 0 aliphatic carbocycles. The molecule has 0 atom stereocenters. The summed E-state index contributed by atoms with van der Waals surface area (Å²) in [6.45, 7) is 2.08. The number of aryl methyl sites for hydroxylation is 1. The molecule has 2 aromatic carbocycles. The van der Waals surface area contributed by atoms with Crippen molar-refractivity contribution in [3.05, 3.63) is 64.7 Å². The van der Waals surface area contributed by atoms with E-state index in [9.17, 15) is 0 Å². The Bertz CT molecular complexity index is 739. The van der Waals surface area contributed by atoms with Gasteiger partial charge in [-0.1, -0.05) is 59.3 Å². The van der Waals surface area contributed by atoms with Gasteiger partial charge in [0.1, 0.15) is 0 Å². The maximum absolute atomic E-state index is 6.01. The van der Waals surface area contributed by atoms with Crippen molar-refractivity contribution in [2.75, 3.05) is 0 Å². The van der Waals surface area contributed by atoms with Gasteiger partial charge in [0.25, 0.3) is 0 Å². The summed E-state index contributed by atoms with van der Waals surface area (Å²) in [6, 6.07) is 15.9. The molecular formula is C15H13ClN4S. The van der Waals surface area contributed by atoms with Crippen LogP contribution in [0.2, 0.25) is 5.02 Å². The number of benzene rings is 2. The Morgan fingerprint density at radius 1 is 1.14 bits per heavy atom. The van der Waals surface area contributed by atoms with Crippen LogP contribution in [0.1, 0.15) is 11.1 Å². The lowest BCUT2D eigenvalue weighted by Gasteiger charge is -2.05. The highest BCUT2D eigenvalue weighted by atomic mass is 35.5. The fourth-order valence-electron chi connectivity index (χ4n) is 1.87. The van der Waals surface area contributed by atoms with E-state index in [1.54, 1.807) is 16.4 Å². The van der Waals surface area contributed by atoms with Crippen LogP contribution >= 0.6 is 23.4 Å². The first-order chi connectivity index (χ1) is 10.2. The number of tetrazole rings is 1. The van der Waals surface area contributed by atoms with Crippen LogP contribution in [0.4, 0.5) is 0 Å². The monoisotopic (exact) mass is 316 g/mol. The predicted octanol–water partition coefficient (Wildman–Crippen LogP) is 3.92. The van der Waals surface area contributed by atoms with Gasteiger partial charge in [0, 0.05) is 10.8 Å². The van der Waals surface area contributed by atoms with Crippen LogP contribution < -0.4 is 0 Å². The van der Waals surface area contributed by atoms with E-state index >= 15 is 0 Å². The third-order valence-corrected chi connectivity index (χ3v) is 4.21. The van der Waals surface area contributed by atoms with Crippen LogP contribution in [-0.4, -0.2) is 20.2 Å². The van der Waals surface area contributed by atoms with E-state index in [1.165, 1.54) is 11.1 Å². The van der Waals surface area contributed by atoms with Crippen molar-refractivity contribution in [3.63, 3.8) is 0 Å². The second-order valence-electron chi connectivity index (χ2n) is 4.63. The molecule has 1 heterocycles. The lowest BCUT2D eigenvalue weighted by atomic mass is 10.2. The van der Waals surface area contributed by atoms with Gasteiger partial charge in [0.2, 0.25) is 5.16 Å². The fraction of sp³-hybridized carbons (Fsp3) is 0.133. The van der Waals surface area contributed by atoms with E-state index < -0.39 is 0 Å². The molecule has 0 spiro atoms. The van der Waals surface area contributed by atoms with Gasteiger partial charge >= 0.3 is 0 Å². The third-order valence-electron chi connectivity index (χ3n) is 2.98. The van der Waals surface area contributed by atoms with Gasteiger partial charge in [-0.25, -0.2) is 0 Å². The summed E-state index contributed by atoms with van der Waals surface area (Å²) in [5, 5.41) is 13.3. The van der Waals surface area contributed by atoms with Crippen LogP contribution in [0.5, 0.6) is 0 Å². The van der Waals surface area contributed by atoms with Crippen LogP contribution in [0.15, 0.2) is 53.7 Å². The maximum atomic E-state index is 6.01. The summed E-state index contributed by atoms with van der Waals surface area (Å²) < 4.78 is 1.70. The lowest BCUT2D eigenvalue weighted by Crippen LogP contribution is -1.99. The van der Waals surface area contributed by atoms with Crippen LogP contribution in [0.3, 0.4) is 0 Å². The summed E-state index contributed by atoms with van der Waals surface area (Å²) >= 11 is 7.61. The van der Waals surface area contributed by atoms with Crippen molar-refractivity contribution in [2.45, 2.75) is 17.8 Å². The summed E-state index contributed by atoms with van der Waals surface area (Å²) in [4.78, 5) is 0. The number of halogens is 1. The number of hydrogen-bond donors (Lipinski definition) is 0. The largest absolute Gasteiger partial charge is 0.214 e. The molecule has 4 nitrogen and oxygen atoms in total. The summed E-state index contributed by atoms with van der Waals surface area (Å²) in [7, 11) is 0. The molecule has 3 aromatic rings. The number of rotatable bonds is 4. The van der Waals surface area contributed by atoms with Gasteiger partial charge in [-0.05, 0) is 41.1 Å². The zero-order valence-corrected chi connectivity index (χ0v) is 13.0. The van der Waals surface area contributed by atoms with E-state index in [0.717, 1.165) is 16.6 Å². The van der Waals surface area contributed by atoms with E-state index in [4.69, 9.17) is 11.6 Å². The normalized spacial score (nSPS) is 10.8. The Morgan fingerprint density at radius 2 is 1.95 bits per heavy atom. The molecule has 6 heteroatoms. The Kier molecular flexibility index (Phi) is 4.22. The number of thioether (sulfide) groups is 1. The average molecular weight is 317 g/mol. The second-order valence-corrected chi connectivity index (χ2v) is 6.01. The first-order valence-corrected chi connectivity index (χ1v) is 7.81. The van der Waals surface area contributed by atoms with Gasteiger partial charge < -0.3 is 0 Å². The van der Waals surface area contributed by atoms with Crippen molar-refractivity contribution in [2.24, 2.45) is 0 Å². The molecule has 0 bridgehead atoms. The van der Waals surface area contributed by atoms with Crippen molar-refractivity contribution < 1.29 is 0 Å². The van der Waals surface area contributed by atoms with Gasteiger partial charge in [0.15, 0.2) is 0 Å². The van der Waals surface area contributed by atoms with E-state index in [0.29, 0.717) is 5.02 Å². The van der Waals surface area contributed by atoms with Crippen LogP contribution in [0, 0.1) is 6.92 Å². The maximum Gasteiger partial charge on any atom is 0.214 e. The number of hydrogen-bond acceptors (Lipinski definition) is 4. The molecule has 0 amide bonds. The van der Waals surface area contributed by atoms with Gasteiger partial charge in [-0.3, -0.25) is 0 Å². The first-order valence-electron chi connectivity index (χ1n) is 6.45. The molecule has 1 aromatic heterocycles. The highest BCUT2D eigenvalue weighted by Crippen LogP contribution is 2.23. The molecule has 3 rings (SSSR count). The van der Waals surface area contributed by atoms with E-state index in [1.807, 2.05) is 24.3 Å². The Morgan fingerprint density at radius 3 is 2.71 bits per heavy atom. The standard InChI is InChI=1S/C15H13ClN4S/c1-11-5-7-12(8-6-11)10-21-15-17-18-19-20(15)14-4-2-3-13(16)9-14/h2-9H,10H2,1H3. The molecule has 0 aliphatic heterocycles. The molecule has 0 saturated carbocycles. The molecular weight excluding hydrogens is 304 g/mol. The van der Waals surface area contributed by atoms with Gasteiger partial charge in [-0.15, -0.1) is 5.10 Å². The van der Waals surface area contributed by atoms with Crippen molar-refractivity contribution in [3.8, 4) is 5.69 Å². The second kappa shape index (κ2) is 6.28.